The Morgan fingerprint density at radius 3 is 2.79 bits per heavy atom. The van der Waals surface area contributed by atoms with Crippen molar-refractivity contribution in [1.29, 1.82) is 0 Å². The van der Waals surface area contributed by atoms with Crippen LogP contribution in [0.25, 0.3) is 6.08 Å². The summed E-state index contributed by atoms with van der Waals surface area (Å²) in [6, 6.07) is 6.71. The van der Waals surface area contributed by atoms with Crippen molar-refractivity contribution in [2.45, 2.75) is 13.0 Å². The zero-order valence-corrected chi connectivity index (χ0v) is 14.7. The summed E-state index contributed by atoms with van der Waals surface area (Å²) in [6.07, 6.45) is 1.95. The second-order valence-corrected chi connectivity index (χ2v) is 6.02. The first-order chi connectivity index (χ1) is 11.5. The zero-order chi connectivity index (χ0) is 17.5. The highest BCUT2D eigenvalue weighted by Gasteiger charge is 2.18. The molecule has 0 aliphatic carbocycles. The van der Waals surface area contributed by atoms with Gasteiger partial charge in [0.15, 0.2) is 6.10 Å². The molecule has 0 saturated heterocycles. The molecule has 1 N–H and O–H groups in total. The van der Waals surface area contributed by atoms with Gasteiger partial charge in [0.1, 0.15) is 5.75 Å². The average molecular weight is 366 g/mol. The van der Waals surface area contributed by atoms with E-state index in [9.17, 15) is 9.59 Å². The number of methoxy groups -OCH3 is 1. The highest BCUT2D eigenvalue weighted by molar-refractivity contribution is 7.08. The van der Waals surface area contributed by atoms with Crippen molar-refractivity contribution in [2.24, 2.45) is 0 Å². The molecule has 0 aliphatic rings. The number of hydrogen-bond acceptors (Lipinski definition) is 5. The maximum Gasteiger partial charge on any atom is 0.331 e. The number of nitrogens with one attached hydrogen (secondary N) is 1. The number of amides is 1. The van der Waals surface area contributed by atoms with Crippen LogP contribution in [0.1, 0.15) is 12.5 Å². The molecule has 1 aromatic heterocycles. The van der Waals surface area contributed by atoms with Gasteiger partial charge in [0.25, 0.3) is 5.91 Å². The van der Waals surface area contributed by atoms with Crippen molar-refractivity contribution >= 4 is 46.6 Å². The number of esters is 1. The van der Waals surface area contributed by atoms with E-state index in [1.807, 2.05) is 16.8 Å². The van der Waals surface area contributed by atoms with E-state index in [0.29, 0.717) is 16.5 Å². The summed E-state index contributed by atoms with van der Waals surface area (Å²) in [7, 11) is 1.48. The summed E-state index contributed by atoms with van der Waals surface area (Å²) in [5.41, 5.74) is 1.31. The highest BCUT2D eigenvalue weighted by atomic mass is 35.5. The highest BCUT2D eigenvalue weighted by Crippen LogP contribution is 2.27. The smallest absolute Gasteiger partial charge is 0.331 e. The fourth-order valence-corrected chi connectivity index (χ4v) is 2.61. The lowest BCUT2D eigenvalue weighted by Crippen LogP contribution is -2.29. The molecule has 2 rings (SSSR count). The molecule has 0 fully saturated rings. The normalized spacial score (nSPS) is 12.0. The predicted octanol–water partition coefficient (Wildman–Crippen LogP) is 3.99. The molecule has 0 aliphatic heterocycles. The van der Waals surface area contributed by atoms with Crippen LogP contribution in [0.3, 0.4) is 0 Å². The van der Waals surface area contributed by atoms with Crippen molar-refractivity contribution in [2.75, 3.05) is 12.4 Å². The average Bonchev–Trinajstić information content (AvgIpc) is 3.06. The summed E-state index contributed by atoms with van der Waals surface area (Å²) >= 11 is 7.44. The molecule has 2 aromatic rings. The summed E-state index contributed by atoms with van der Waals surface area (Å²) in [4.78, 5) is 23.9. The third-order valence-corrected chi connectivity index (χ3v) is 3.97. The van der Waals surface area contributed by atoms with Crippen LogP contribution >= 0.6 is 22.9 Å². The molecule has 0 unspecified atom stereocenters. The van der Waals surface area contributed by atoms with Crippen molar-refractivity contribution in [1.82, 2.24) is 0 Å². The first-order valence-electron chi connectivity index (χ1n) is 7.05. The van der Waals surface area contributed by atoms with Gasteiger partial charge < -0.3 is 14.8 Å². The fourth-order valence-electron chi connectivity index (χ4n) is 1.81. The maximum absolute atomic E-state index is 12.2. The maximum atomic E-state index is 12.2. The van der Waals surface area contributed by atoms with Gasteiger partial charge in [-0.05, 0) is 53.6 Å². The lowest BCUT2D eigenvalue weighted by atomic mass is 10.2. The third kappa shape index (κ3) is 5.11. The molecule has 1 heterocycles. The summed E-state index contributed by atoms with van der Waals surface area (Å²) in [6.45, 7) is 1.49. The van der Waals surface area contributed by atoms with Crippen LogP contribution in [0.2, 0.25) is 5.02 Å². The molecule has 5 nitrogen and oxygen atoms in total. The molecule has 126 valence electrons. The van der Waals surface area contributed by atoms with Crippen molar-refractivity contribution < 1.29 is 19.1 Å². The van der Waals surface area contributed by atoms with Crippen LogP contribution in [0.15, 0.2) is 41.1 Å². The second kappa shape index (κ2) is 8.52. The third-order valence-electron chi connectivity index (χ3n) is 3.04. The Bertz CT molecular complexity index is 743. The SMILES string of the molecule is COc1ccc(Cl)cc1NC(=O)[C@H](C)OC(=O)/C=C/c1ccsc1. The molecule has 0 spiro atoms. The van der Waals surface area contributed by atoms with E-state index in [1.165, 1.54) is 31.4 Å². The molecule has 1 atom stereocenters. The minimum absolute atomic E-state index is 0.409. The molecule has 0 saturated carbocycles. The molecular weight excluding hydrogens is 350 g/mol. The number of rotatable bonds is 6. The van der Waals surface area contributed by atoms with Crippen LogP contribution < -0.4 is 10.1 Å². The molecule has 1 aromatic carbocycles. The summed E-state index contributed by atoms with van der Waals surface area (Å²) in [5, 5.41) is 6.88. The van der Waals surface area contributed by atoms with Crippen molar-refractivity contribution in [3.05, 3.63) is 51.7 Å². The van der Waals surface area contributed by atoms with Gasteiger partial charge in [-0.3, -0.25) is 4.79 Å². The number of anilines is 1. The Morgan fingerprint density at radius 2 is 2.12 bits per heavy atom. The molecule has 1 amide bonds. The van der Waals surface area contributed by atoms with Gasteiger partial charge in [0, 0.05) is 11.1 Å². The monoisotopic (exact) mass is 365 g/mol. The Morgan fingerprint density at radius 1 is 1.33 bits per heavy atom. The van der Waals surface area contributed by atoms with Crippen LogP contribution in [0, 0.1) is 0 Å². The van der Waals surface area contributed by atoms with Gasteiger partial charge in [-0.1, -0.05) is 11.6 Å². The van der Waals surface area contributed by atoms with Gasteiger partial charge in [0.05, 0.1) is 12.8 Å². The fraction of sp³-hybridized carbons (Fsp3) is 0.176. The Hall–Kier alpha value is -2.31. The molecule has 0 radical (unpaired) electrons. The minimum Gasteiger partial charge on any atom is -0.495 e. The number of ether oxygens (including phenoxy) is 2. The van der Waals surface area contributed by atoms with E-state index in [1.54, 1.807) is 24.3 Å². The van der Waals surface area contributed by atoms with Crippen molar-refractivity contribution in [3.8, 4) is 5.75 Å². The number of carbonyl (C=O) groups excluding carboxylic acids is 2. The first-order valence-corrected chi connectivity index (χ1v) is 8.37. The number of halogens is 1. The van der Waals surface area contributed by atoms with Crippen LogP contribution in [-0.2, 0) is 14.3 Å². The summed E-state index contributed by atoms with van der Waals surface area (Å²) < 4.78 is 10.2. The van der Waals surface area contributed by atoms with Crippen LogP contribution in [0.4, 0.5) is 5.69 Å². The van der Waals surface area contributed by atoms with Gasteiger partial charge in [-0.15, -0.1) is 0 Å². The molecule has 0 bridgehead atoms. The zero-order valence-electron chi connectivity index (χ0n) is 13.1. The number of benzene rings is 1. The number of hydrogen-bond donors (Lipinski definition) is 1. The Labute approximate surface area is 148 Å². The molecule has 24 heavy (non-hydrogen) atoms. The first kappa shape index (κ1) is 18.0. The van der Waals surface area contributed by atoms with Gasteiger partial charge >= 0.3 is 5.97 Å². The van der Waals surface area contributed by atoms with Crippen LogP contribution in [0.5, 0.6) is 5.75 Å². The molecular formula is C17H16ClNO4S. The lowest BCUT2D eigenvalue weighted by Gasteiger charge is -2.14. The van der Waals surface area contributed by atoms with Gasteiger partial charge in [0.2, 0.25) is 0 Å². The number of thiophene rings is 1. The van der Waals surface area contributed by atoms with Crippen LogP contribution in [-0.4, -0.2) is 25.1 Å². The second-order valence-electron chi connectivity index (χ2n) is 4.80. The van der Waals surface area contributed by atoms with E-state index < -0.39 is 18.0 Å². The van der Waals surface area contributed by atoms with E-state index in [4.69, 9.17) is 21.1 Å². The Balaban J connectivity index is 1.94. The minimum atomic E-state index is -0.965. The predicted molar refractivity (Wildman–Crippen MR) is 95.5 cm³/mol. The topological polar surface area (TPSA) is 64.6 Å². The van der Waals surface area contributed by atoms with Gasteiger partial charge in [-0.25, -0.2) is 4.79 Å². The lowest BCUT2D eigenvalue weighted by molar-refractivity contribution is -0.148. The summed E-state index contributed by atoms with van der Waals surface area (Å²) in [5.74, 6) is -0.613. The van der Waals surface area contributed by atoms with Gasteiger partial charge in [-0.2, -0.15) is 11.3 Å². The standard InChI is InChI=1S/C17H16ClNO4S/c1-11(23-16(20)6-3-12-7-8-24-10-12)17(21)19-14-9-13(18)4-5-15(14)22-2/h3-11H,1-2H3,(H,19,21)/b6-3+/t11-/m0/s1. The number of carbonyl (C=O) groups is 2. The van der Waals surface area contributed by atoms with E-state index >= 15 is 0 Å². The van der Waals surface area contributed by atoms with E-state index in [0.717, 1.165) is 5.56 Å². The molecule has 7 heteroatoms. The van der Waals surface area contributed by atoms with E-state index in [-0.39, 0.29) is 0 Å². The largest absolute Gasteiger partial charge is 0.495 e. The van der Waals surface area contributed by atoms with Crippen molar-refractivity contribution in [3.63, 3.8) is 0 Å². The van der Waals surface area contributed by atoms with E-state index in [2.05, 4.69) is 5.32 Å². The quantitative estimate of drug-likeness (QED) is 0.621. The Kier molecular flexibility index (Phi) is 6.40.